The molecule has 0 radical (unpaired) electrons. The Hall–Kier alpha value is -1.83. The molecule has 0 unspecified atom stereocenters. The van der Waals surface area contributed by atoms with Crippen LogP contribution in [-0.4, -0.2) is 13.4 Å². The van der Waals surface area contributed by atoms with Crippen LogP contribution in [-0.2, 0) is 23.1 Å². The van der Waals surface area contributed by atoms with Crippen molar-refractivity contribution in [2.75, 3.05) is 0 Å². The predicted molar refractivity (Wildman–Crippen MR) is 77.3 cm³/mol. The minimum atomic E-state index is -3.92. The maximum Gasteiger partial charge on any atom is 0.243 e. The minimum absolute atomic E-state index is 0.0781. The van der Waals surface area contributed by atoms with Crippen molar-refractivity contribution in [1.29, 1.82) is 0 Å². The molecule has 0 aliphatic rings. The van der Waals surface area contributed by atoms with Crippen LogP contribution in [0, 0.1) is 12.7 Å². The molecule has 112 valence electrons. The van der Waals surface area contributed by atoms with Crippen LogP contribution >= 0.6 is 0 Å². The normalized spacial score (nSPS) is 11.6. The fourth-order valence-electron chi connectivity index (χ4n) is 1.84. The summed E-state index contributed by atoms with van der Waals surface area (Å²) in [5.74, 6) is -0.808. The molecule has 1 aromatic carbocycles. The molecule has 2 rings (SSSR count). The number of nitrogens with one attached hydrogen (secondary N) is 1. The van der Waals surface area contributed by atoms with Crippen molar-refractivity contribution in [3.63, 3.8) is 0 Å². The lowest BCUT2D eigenvalue weighted by Gasteiger charge is -2.10. The molecule has 0 fully saturated rings. The highest BCUT2D eigenvalue weighted by molar-refractivity contribution is 7.89. The van der Waals surface area contributed by atoms with Crippen LogP contribution < -0.4 is 10.5 Å². The van der Waals surface area contributed by atoms with E-state index >= 15 is 0 Å². The molecule has 1 aromatic heterocycles. The third-order valence-electron chi connectivity index (χ3n) is 3.11. The number of hydrogen-bond donors (Lipinski definition) is 2. The summed E-state index contributed by atoms with van der Waals surface area (Å²) >= 11 is 0. The van der Waals surface area contributed by atoms with Crippen LogP contribution in [0.5, 0.6) is 0 Å². The van der Waals surface area contributed by atoms with E-state index in [-0.39, 0.29) is 18.0 Å². The molecule has 5 nitrogen and oxygen atoms in total. The lowest BCUT2D eigenvalue weighted by molar-refractivity contribution is 0.555. The van der Waals surface area contributed by atoms with Gasteiger partial charge in [0.2, 0.25) is 10.0 Å². The summed E-state index contributed by atoms with van der Waals surface area (Å²) in [6.45, 7) is 2.06. The number of nitrogens with zero attached hydrogens (tertiary/aromatic N) is 1. The summed E-state index contributed by atoms with van der Waals surface area (Å²) in [7, 11) is -3.92. The molecule has 0 amide bonds. The lowest BCUT2D eigenvalue weighted by atomic mass is 10.2. The fraction of sp³-hybridized carbons (Fsp3) is 0.214. The highest BCUT2D eigenvalue weighted by atomic mass is 32.2. The quantitative estimate of drug-likeness (QED) is 0.876. The Labute approximate surface area is 123 Å². The maximum atomic E-state index is 13.9. The Morgan fingerprint density at radius 2 is 2.10 bits per heavy atom. The van der Waals surface area contributed by atoms with Gasteiger partial charge >= 0.3 is 0 Å². The molecule has 0 aliphatic heterocycles. The maximum absolute atomic E-state index is 13.9. The third-order valence-corrected chi connectivity index (χ3v) is 4.55. The molecule has 1 heterocycles. The second-order valence-electron chi connectivity index (χ2n) is 4.60. The van der Waals surface area contributed by atoms with E-state index in [0.29, 0.717) is 5.56 Å². The van der Waals surface area contributed by atoms with Gasteiger partial charge < -0.3 is 5.73 Å². The van der Waals surface area contributed by atoms with Crippen LogP contribution in [0.4, 0.5) is 4.39 Å². The molecule has 0 atom stereocenters. The lowest BCUT2D eigenvalue weighted by Crippen LogP contribution is -2.24. The van der Waals surface area contributed by atoms with Crippen LogP contribution in [0.1, 0.15) is 16.7 Å². The van der Waals surface area contributed by atoms with E-state index < -0.39 is 15.8 Å². The van der Waals surface area contributed by atoms with E-state index in [1.54, 1.807) is 18.5 Å². The Kier molecular flexibility index (Phi) is 4.66. The van der Waals surface area contributed by atoms with Gasteiger partial charge in [-0.15, -0.1) is 0 Å². The van der Waals surface area contributed by atoms with Crippen LogP contribution in [0.2, 0.25) is 0 Å². The van der Waals surface area contributed by atoms with Crippen molar-refractivity contribution in [2.45, 2.75) is 24.9 Å². The van der Waals surface area contributed by atoms with E-state index in [1.807, 2.05) is 6.92 Å². The van der Waals surface area contributed by atoms with Gasteiger partial charge in [0.25, 0.3) is 0 Å². The van der Waals surface area contributed by atoms with E-state index in [0.717, 1.165) is 17.2 Å². The monoisotopic (exact) mass is 309 g/mol. The van der Waals surface area contributed by atoms with Gasteiger partial charge in [0.15, 0.2) is 0 Å². The number of halogens is 1. The third kappa shape index (κ3) is 3.63. The molecular weight excluding hydrogens is 293 g/mol. The zero-order valence-electron chi connectivity index (χ0n) is 11.5. The zero-order valence-corrected chi connectivity index (χ0v) is 12.3. The van der Waals surface area contributed by atoms with Crippen LogP contribution in [0.3, 0.4) is 0 Å². The van der Waals surface area contributed by atoms with Crippen molar-refractivity contribution in [3.05, 3.63) is 59.2 Å². The molecule has 0 aliphatic carbocycles. The van der Waals surface area contributed by atoms with Gasteiger partial charge in [-0.2, -0.15) is 0 Å². The van der Waals surface area contributed by atoms with Crippen molar-refractivity contribution in [3.8, 4) is 0 Å². The van der Waals surface area contributed by atoms with Crippen molar-refractivity contribution >= 4 is 10.0 Å². The standard InChI is InChI=1S/C14H16FN3O2S/c1-10-8-17-5-4-12(10)9-18-21(19,20)14-3-2-11(7-16)6-13(14)15/h2-6,8,18H,7,9,16H2,1H3. The largest absolute Gasteiger partial charge is 0.326 e. The molecular formula is C14H16FN3O2S. The SMILES string of the molecule is Cc1cnccc1CNS(=O)(=O)c1ccc(CN)cc1F. The van der Waals surface area contributed by atoms with Gasteiger partial charge in [-0.3, -0.25) is 4.98 Å². The first kappa shape index (κ1) is 15.6. The van der Waals surface area contributed by atoms with Crippen LogP contribution in [0.15, 0.2) is 41.6 Å². The zero-order chi connectivity index (χ0) is 15.5. The second-order valence-corrected chi connectivity index (χ2v) is 6.33. The smallest absolute Gasteiger partial charge is 0.243 e. The van der Waals surface area contributed by atoms with Crippen molar-refractivity contribution < 1.29 is 12.8 Å². The predicted octanol–water partition coefficient (Wildman–Crippen LogP) is 1.47. The van der Waals surface area contributed by atoms with Crippen molar-refractivity contribution in [2.24, 2.45) is 5.73 Å². The second kappa shape index (κ2) is 6.30. The summed E-state index contributed by atoms with van der Waals surface area (Å²) in [6, 6.07) is 5.56. The molecule has 21 heavy (non-hydrogen) atoms. The molecule has 0 saturated carbocycles. The highest BCUT2D eigenvalue weighted by Gasteiger charge is 2.19. The Bertz CT molecular complexity index is 748. The average Bonchev–Trinajstić information content (AvgIpc) is 2.46. The molecule has 2 aromatic rings. The highest BCUT2D eigenvalue weighted by Crippen LogP contribution is 2.16. The summed E-state index contributed by atoms with van der Waals surface area (Å²) in [6.07, 6.45) is 3.22. The van der Waals surface area contributed by atoms with E-state index in [4.69, 9.17) is 5.73 Å². The summed E-state index contributed by atoms with van der Waals surface area (Å²) < 4.78 is 40.5. The van der Waals surface area contributed by atoms with Gasteiger partial charge in [-0.1, -0.05) is 6.07 Å². The van der Waals surface area contributed by atoms with Crippen LogP contribution in [0.25, 0.3) is 0 Å². The van der Waals surface area contributed by atoms with Gasteiger partial charge in [-0.25, -0.2) is 17.5 Å². The van der Waals surface area contributed by atoms with Gasteiger partial charge in [0, 0.05) is 25.5 Å². The van der Waals surface area contributed by atoms with Gasteiger partial charge in [0.05, 0.1) is 0 Å². The van der Waals surface area contributed by atoms with Gasteiger partial charge in [-0.05, 0) is 41.8 Å². The topological polar surface area (TPSA) is 85.1 Å². The molecule has 0 bridgehead atoms. The summed E-state index contributed by atoms with van der Waals surface area (Å²) in [5.41, 5.74) is 7.57. The minimum Gasteiger partial charge on any atom is -0.326 e. The first-order valence-corrected chi connectivity index (χ1v) is 7.80. The first-order chi connectivity index (χ1) is 9.94. The van der Waals surface area contributed by atoms with E-state index in [2.05, 4.69) is 9.71 Å². The Balaban J connectivity index is 2.21. The number of rotatable bonds is 5. The number of nitrogens with two attached hydrogens (primary N) is 1. The number of hydrogen-bond acceptors (Lipinski definition) is 4. The molecule has 0 spiro atoms. The van der Waals surface area contributed by atoms with E-state index in [1.165, 1.54) is 12.1 Å². The number of benzene rings is 1. The molecule has 0 saturated heterocycles. The number of sulfonamides is 1. The molecule has 3 N–H and O–H groups in total. The number of pyridine rings is 1. The summed E-state index contributed by atoms with van der Waals surface area (Å²) in [4.78, 5) is 3.55. The van der Waals surface area contributed by atoms with Crippen molar-refractivity contribution in [1.82, 2.24) is 9.71 Å². The Morgan fingerprint density at radius 3 is 2.71 bits per heavy atom. The summed E-state index contributed by atoms with van der Waals surface area (Å²) in [5, 5.41) is 0. The first-order valence-electron chi connectivity index (χ1n) is 6.31. The van der Waals surface area contributed by atoms with Gasteiger partial charge in [0.1, 0.15) is 10.7 Å². The number of aryl methyl sites for hydroxylation is 1. The number of aromatic nitrogens is 1. The fourth-order valence-corrected chi connectivity index (χ4v) is 2.90. The van der Waals surface area contributed by atoms with E-state index in [9.17, 15) is 12.8 Å². The average molecular weight is 309 g/mol. The molecule has 7 heteroatoms. The Morgan fingerprint density at radius 1 is 1.33 bits per heavy atom.